The molecule has 0 saturated carbocycles. The number of pyridine rings is 1. The molecule has 2 aromatic heterocycles. The summed E-state index contributed by atoms with van der Waals surface area (Å²) in [5, 5.41) is 12.6. The number of fused-ring (bicyclic) bond motifs is 1. The third-order valence-corrected chi connectivity index (χ3v) is 5.46. The van der Waals surface area contributed by atoms with Gasteiger partial charge >= 0.3 is 0 Å². The molecule has 1 fully saturated rings. The van der Waals surface area contributed by atoms with Gasteiger partial charge in [-0.05, 0) is 23.6 Å². The van der Waals surface area contributed by atoms with Gasteiger partial charge in [-0.3, -0.25) is 10.2 Å². The Morgan fingerprint density at radius 2 is 2.00 bits per heavy atom. The van der Waals surface area contributed by atoms with E-state index in [-0.39, 0.29) is 10.6 Å². The molecule has 0 radical (unpaired) electrons. The van der Waals surface area contributed by atoms with Crippen LogP contribution >= 0.6 is 11.3 Å². The zero-order valence-corrected chi connectivity index (χ0v) is 15.4. The Balaban J connectivity index is 1.87. The average molecular weight is 423 g/mol. The molecule has 0 spiro atoms. The van der Waals surface area contributed by atoms with Gasteiger partial charge < -0.3 is 5.11 Å². The van der Waals surface area contributed by atoms with E-state index in [0.717, 1.165) is 4.88 Å². The maximum absolute atomic E-state index is 13.5. The number of thiophene rings is 1. The molecule has 1 atom stereocenters. The van der Waals surface area contributed by atoms with Crippen molar-refractivity contribution >= 4 is 28.1 Å². The fourth-order valence-corrected chi connectivity index (χ4v) is 3.83. The van der Waals surface area contributed by atoms with Gasteiger partial charge in [0, 0.05) is 5.39 Å². The first-order valence-corrected chi connectivity index (χ1v) is 9.29. The number of hydrogen-bond acceptors (Lipinski definition) is 5. The van der Waals surface area contributed by atoms with Gasteiger partial charge in [0.15, 0.2) is 0 Å². The Hall–Kier alpha value is -2.98. The fraction of sp³-hybridized carbons (Fsp3) is 0.158. The SMILES string of the molecule is O=C(c1cc(-c2cccs2)nc2ccccc12)N1NC(=C(F)F)CC1(O)C(F)F. The zero-order valence-electron chi connectivity index (χ0n) is 14.6. The number of benzene rings is 1. The number of nitrogens with zero attached hydrogens (tertiary/aromatic N) is 2. The topological polar surface area (TPSA) is 65.5 Å². The van der Waals surface area contributed by atoms with Crippen molar-refractivity contribution in [1.29, 1.82) is 0 Å². The second-order valence-corrected chi connectivity index (χ2v) is 7.34. The lowest BCUT2D eigenvalue weighted by atomic mass is 10.0. The van der Waals surface area contributed by atoms with Crippen LogP contribution in [0.4, 0.5) is 17.6 Å². The van der Waals surface area contributed by atoms with Gasteiger partial charge in [0.25, 0.3) is 18.4 Å². The van der Waals surface area contributed by atoms with Crippen LogP contribution in [0, 0.1) is 0 Å². The van der Waals surface area contributed by atoms with Crippen molar-refractivity contribution < 1.29 is 27.5 Å². The normalized spacial score (nSPS) is 19.1. The summed E-state index contributed by atoms with van der Waals surface area (Å²) < 4.78 is 53.1. The smallest absolute Gasteiger partial charge is 0.291 e. The molecule has 1 aliphatic rings. The number of aromatic nitrogens is 1. The van der Waals surface area contributed by atoms with Crippen LogP contribution in [0.15, 0.2) is 59.6 Å². The largest absolute Gasteiger partial charge is 0.364 e. The molecule has 3 aromatic rings. The molecule has 0 aliphatic carbocycles. The minimum atomic E-state index is -3.47. The minimum absolute atomic E-state index is 0.0499. The van der Waals surface area contributed by atoms with Gasteiger partial charge in [-0.1, -0.05) is 24.3 Å². The van der Waals surface area contributed by atoms with E-state index in [2.05, 4.69) is 4.98 Å². The zero-order chi connectivity index (χ0) is 20.8. The Kier molecular flexibility index (Phi) is 4.75. The number of amides is 1. The van der Waals surface area contributed by atoms with Crippen molar-refractivity contribution in [2.24, 2.45) is 0 Å². The van der Waals surface area contributed by atoms with Gasteiger partial charge in [-0.25, -0.2) is 18.8 Å². The van der Waals surface area contributed by atoms with E-state index in [1.54, 1.807) is 36.4 Å². The number of nitrogens with one attached hydrogen (secondary N) is 1. The van der Waals surface area contributed by atoms with Crippen molar-refractivity contribution in [3.63, 3.8) is 0 Å². The number of carbonyl (C=O) groups is 1. The van der Waals surface area contributed by atoms with Gasteiger partial charge in [-0.2, -0.15) is 8.78 Å². The van der Waals surface area contributed by atoms with Crippen molar-refractivity contribution in [1.82, 2.24) is 15.4 Å². The van der Waals surface area contributed by atoms with E-state index in [1.807, 2.05) is 10.8 Å². The molecule has 3 heterocycles. The molecule has 2 N–H and O–H groups in total. The molecule has 29 heavy (non-hydrogen) atoms. The summed E-state index contributed by atoms with van der Waals surface area (Å²) in [5.41, 5.74) is -1.29. The lowest BCUT2D eigenvalue weighted by Gasteiger charge is -2.31. The van der Waals surface area contributed by atoms with Crippen LogP contribution in [0.5, 0.6) is 0 Å². The number of halogens is 4. The summed E-state index contributed by atoms with van der Waals surface area (Å²) in [6.07, 6.45) is -6.86. The number of hydrazine groups is 1. The second-order valence-electron chi connectivity index (χ2n) is 6.40. The van der Waals surface area contributed by atoms with Crippen LogP contribution < -0.4 is 5.43 Å². The number of aliphatic hydroxyl groups is 1. The summed E-state index contributed by atoms with van der Waals surface area (Å²) >= 11 is 1.37. The lowest BCUT2D eigenvalue weighted by molar-refractivity contribution is -0.168. The number of hydrogen-bond donors (Lipinski definition) is 2. The Morgan fingerprint density at radius 3 is 2.66 bits per heavy atom. The van der Waals surface area contributed by atoms with E-state index in [1.165, 1.54) is 17.4 Å². The summed E-state index contributed by atoms with van der Waals surface area (Å²) in [7, 11) is 0. The molecule has 5 nitrogen and oxygen atoms in total. The Morgan fingerprint density at radius 1 is 1.24 bits per heavy atom. The number of alkyl halides is 2. The maximum atomic E-state index is 13.5. The van der Waals surface area contributed by atoms with Crippen LogP contribution in [-0.2, 0) is 0 Å². The molecule has 0 bridgehead atoms. The molecular formula is C19H13F4N3O2S. The summed E-state index contributed by atoms with van der Waals surface area (Å²) in [6, 6.07) is 11.5. The molecule has 1 amide bonds. The van der Waals surface area contributed by atoms with Crippen molar-refractivity contribution in [3.05, 3.63) is 65.2 Å². The molecule has 1 unspecified atom stereocenters. The quantitative estimate of drug-likeness (QED) is 0.614. The fourth-order valence-electron chi connectivity index (χ4n) is 3.14. The third kappa shape index (κ3) is 3.23. The third-order valence-electron chi connectivity index (χ3n) is 4.57. The van der Waals surface area contributed by atoms with Crippen molar-refractivity contribution in [2.75, 3.05) is 0 Å². The molecule has 10 heteroatoms. The lowest BCUT2D eigenvalue weighted by Crippen LogP contribution is -2.55. The highest BCUT2D eigenvalue weighted by Crippen LogP contribution is 2.37. The number of rotatable bonds is 3. The van der Waals surface area contributed by atoms with Gasteiger partial charge in [-0.15, -0.1) is 11.3 Å². The molecule has 1 aliphatic heterocycles. The highest BCUT2D eigenvalue weighted by molar-refractivity contribution is 7.13. The van der Waals surface area contributed by atoms with Gasteiger partial charge in [0.2, 0.25) is 5.72 Å². The Labute approximate surface area is 165 Å². The van der Waals surface area contributed by atoms with Crippen LogP contribution in [0.3, 0.4) is 0 Å². The monoisotopic (exact) mass is 423 g/mol. The van der Waals surface area contributed by atoms with Gasteiger partial charge in [0.1, 0.15) is 5.70 Å². The van der Waals surface area contributed by atoms with E-state index < -0.39 is 36.3 Å². The molecule has 150 valence electrons. The average Bonchev–Trinajstić information content (AvgIpc) is 3.35. The van der Waals surface area contributed by atoms with Crippen molar-refractivity contribution in [2.45, 2.75) is 18.6 Å². The Bertz CT molecular complexity index is 1120. The van der Waals surface area contributed by atoms with Crippen LogP contribution in [0.25, 0.3) is 21.5 Å². The molecule has 1 saturated heterocycles. The molecular weight excluding hydrogens is 410 g/mol. The highest BCUT2D eigenvalue weighted by Gasteiger charge is 2.53. The molecule has 1 aromatic carbocycles. The first kappa shape index (κ1) is 19.3. The number of para-hydroxylation sites is 1. The number of carbonyl (C=O) groups excluding carboxylic acids is 1. The van der Waals surface area contributed by atoms with Crippen LogP contribution in [0.2, 0.25) is 0 Å². The maximum Gasteiger partial charge on any atom is 0.291 e. The van der Waals surface area contributed by atoms with E-state index in [0.29, 0.717) is 16.6 Å². The summed E-state index contributed by atoms with van der Waals surface area (Å²) in [6.45, 7) is 0. The standard InChI is InChI=1S/C19H13F4N3O2S/c20-16(21)14-9-19(28,18(22)23)26(25-14)17(27)11-8-13(15-6-3-7-29-15)24-12-5-2-1-4-10(11)12/h1-8,18,25,28H,9H2. The second kappa shape index (κ2) is 7.12. The van der Waals surface area contributed by atoms with E-state index in [9.17, 15) is 27.5 Å². The first-order valence-electron chi connectivity index (χ1n) is 8.41. The summed E-state index contributed by atoms with van der Waals surface area (Å²) in [4.78, 5) is 18.4. The summed E-state index contributed by atoms with van der Waals surface area (Å²) in [5.74, 6) is -1.07. The minimum Gasteiger partial charge on any atom is -0.364 e. The van der Waals surface area contributed by atoms with E-state index in [4.69, 9.17) is 0 Å². The highest BCUT2D eigenvalue weighted by atomic mass is 32.1. The van der Waals surface area contributed by atoms with Crippen LogP contribution in [0.1, 0.15) is 16.8 Å². The predicted molar refractivity (Wildman–Crippen MR) is 99.2 cm³/mol. The van der Waals surface area contributed by atoms with Crippen molar-refractivity contribution in [3.8, 4) is 10.6 Å². The molecule has 4 rings (SSSR count). The van der Waals surface area contributed by atoms with E-state index >= 15 is 0 Å². The van der Waals surface area contributed by atoms with Crippen LogP contribution in [-0.4, -0.2) is 33.2 Å². The predicted octanol–water partition coefficient (Wildman–Crippen LogP) is 4.38. The first-order chi connectivity index (χ1) is 13.8. The van der Waals surface area contributed by atoms with Gasteiger partial charge in [0.05, 0.1) is 28.1 Å².